The number of ether oxygens (including phenoxy) is 1. The van der Waals surface area contributed by atoms with Crippen LogP contribution in [0, 0.1) is 18.3 Å². The number of carbonyl (C=O) groups excluding carboxylic acids is 1. The molecule has 0 atom stereocenters. The van der Waals surface area contributed by atoms with Gasteiger partial charge in [0.2, 0.25) is 0 Å². The molecular weight excluding hydrogens is 371 g/mol. The zero-order valence-corrected chi connectivity index (χ0v) is 16.5. The van der Waals surface area contributed by atoms with Crippen molar-refractivity contribution in [1.82, 2.24) is 5.32 Å². The van der Waals surface area contributed by atoms with E-state index in [1.807, 2.05) is 0 Å². The summed E-state index contributed by atoms with van der Waals surface area (Å²) in [5.74, 6) is 0. The lowest BCUT2D eigenvalue weighted by Crippen LogP contribution is -2.42. The Labute approximate surface area is 163 Å². The van der Waals surface area contributed by atoms with E-state index < -0.39 is 23.4 Å². The number of alkyl halides is 3. The first-order valence-corrected chi connectivity index (χ1v) is 9.27. The number of carbonyl (C=O) groups is 1. The zero-order valence-electron chi connectivity index (χ0n) is 16.5. The van der Waals surface area contributed by atoms with Crippen molar-refractivity contribution in [3.8, 4) is 6.07 Å². The summed E-state index contributed by atoms with van der Waals surface area (Å²) in [5, 5.41) is 15.0. The number of benzene rings is 1. The molecule has 5 nitrogen and oxygen atoms in total. The number of anilines is 1. The standard InChI is InChI=1S/C20H26F3N3O2/c1-12-9-15(10-17(16(12)11-24)20(21,22)23)25-13-5-7-14(8-6-13)26-18(27)28-19(2,3)4/h9-10,13-14,25H,5-8H2,1-4H3,(H,26,27). The van der Waals surface area contributed by atoms with E-state index in [2.05, 4.69) is 10.6 Å². The van der Waals surface area contributed by atoms with Gasteiger partial charge in [0.1, 0.15) is 11.7 Å². The van der Waals surface area contributed by atoms with E-state index in [1.54, 1.807) is 32.9 Å². The van der Waals surface area contributed by atoms with Crippen molar-refractivity contribution in [1.29, 1.82) is 5.26 Å². The largest absolute Gasteiger partial charge is 0.444 e. The molecule has 28 heavy (non-hydrogen) atoms. The molecule has 2 N–H and O–H groups in total. The molecule has 154 valence electrons. The smallest absolute Gasteiger partial charge is 0.417 e. The first-order valence-electron chi connectivity index (χ1n) is 9.27. The monoisotopic (exact) mass is 397 g/mol. The number of amides is 1. The number of nitrogens with one attached hydrogen (secondary N) is 2. The maximum absolute atomic E-state index is 13.2. The summed E-state index contributed by atoms with van der Waals surface area (Å²) in [7, 11) is 0. The number of aryl methyl sites for hydroxylation is 1. The average Bonchev–Trinajstić information content (AvgIpc) is 2.53. The van der Waals surface area contributed by atoms with E-state index in [0.29, 0.717) is 36.9 Å². The second kappa shape index (κ2) is 8.29. The van der Waals surface area contributed by atoms with Gasteiger partial charge in [-0.3, -0.25) is 0 Å². The molecule has 0 heterocycles. The number of rotatable bonds is 3. The SMILES string of the molecule is Cc1cc(NC2CCC(NC(=O)OC(C)(C)C)CC2)cc(C(F)(F)F)c1C#N. The highest BCUT2D eigenvalue weighted by atomic mass is 19.4. The molecular formula is C20H26F3N3O2. The Morgan fingerprint density at radius 1 is 1.14 bits per heavy atom. The number of alkyl carbamates (subject to hydrolysis) is 1. The summed E-state index contributed by atoms with van der Waals surface area (Å²) in [4.78, 5) is 11.8. The predicted molar refractivity (Wildman–Crippen MR) is 99.9 cm³/mol. The highest BCUT2D eigenvalue weighted by molar-refractivity contribution is 5.68. The molecule has 0 saturated heterocycles. The minimum atomic E-state index is -4.58. The van der Waals surface area contributed by atoms with E-state index in [4.69, 9.17) is 10.00 Å². The molecule has 1 aromatic carbocycles. The van der Waals surface area contributed by atoms with Gasteiger partial charge < -0.3 is 15.4 Å². The van der Waals surface area contributed by atoms with Crippen LogP contribution >= 0.6 is 0 Å². The Morgan fingerprint density at radius 3 is 2.21 bits per heavy atom. The maximum Gasteiger partial charge on any atom is 0.417 e. The van der Waals surface area contributed by atoms with Crippen molar-refractivity contribution in [3.63, 3.8) is 0 Å². The van der Waals surface area contributed by atoms with Crippen molar-refractivity contribution in [3.05, 3.63) is 28.8 Å². The van der Waals surface area contributed by atoms with Crippen LogP contribution < -0.4 is 10.6 Å². The van der Waals surface area contributed by atoms with E-state index >= 15 is 0 Å². The highest BCUT2D eigenvalue weighted by Crippen LogP contribution is 2.36. The van der Waals surface area contributed by atoms with E-state index in [1.165, 1.54) is 6.92 Å². The van der Waals surface area contributed by atoms with Crippen molar-refractivity contribution in [2.75, 3.05) is 5.32 Å². The summed E-state index contributed by atoms with van der Waals surface area (Å²) >= 11 is 0. The molecule has 0 aromatic heterocycles. The lowest BCUT2D eigenvalue weighted by atomic mass is 9.90. The molecule has 0 bridgehead atoms. The molecule has 8 heteroatoms. The topological polar surface area (TPSA) is 74.2 Å². The first-order chi connectivity index (χ1) is 12.9. The number of halogens is 3. The quantitative estimate of drug-likeness (QED) is 0.741. The third-order valence-electron chi connectivity index (χ3n) is 4.57. The molecule has 0 aliphatic heterocycles. The number of nitrogens with zero attached hydrogens (tertiary/aromatic N) is 1. The first kappa shape index (κ1) is 21.9. The fraction of sp³-hybridized carbons (Fsp3) is 0.600. The van der Waals surface area contributed by atoms with Gasteiger partial charge in [0.25, 0.3) is 0 Å². The molecule has 1 aliphatic rings. The summed E-state index contributed by atoms with van der Waals surface area (Å²) in [6.45, 7) is 6.88. The van der Waals surface area contributed by atoms with Gasteiger partial charge in [0.15, 0.2) is 0 Å². The molecule has 0 unspecified atom stereocenters. The fourth-order valence-electron chi connectivity index (χ4n) is 3.33. The molecule has 1 aliphatic carbocycles. The van der Waals surface area contributed by atoms with Gasteiger partial charge in [-0.15, -0.1) is 0 Å². The van der Waals surface area contributed by atoms with Gasteiger partial charge in [-0.2, -0.15) is 18.4 Å². The Hall–Kier alpha value is -2.43. The van der Waals surface area contributed by atoms with Crippen molar-refractivity contribution in [2.24, 2.45) is 0 Å². The zero-order chi connectivity index (χ0) is 21.1. The Balaban J connectivity index is 1.97. The van der Waals surface area contributed by atoms with Crippen LogP contribution in [0.4, 0.5) is 23.7 Å². The third kappa shape index (κ3) is 6.04. The predicted octanol–water partition coefficient (Wildman–Crippen LogP) is 5.13. The number of nitriles is 1. The minimum absolute atomic E-state index is 0.00473. The molecule has 2 rings (SSSR count). The average molecular weight is 397 g/mol. The maximum atomic E-state index is 13.2. The van der Waals surface area contributed by atoms with Gasteiger partial charge in [-0.05, 0) is 71.1 Å². The second-order valence-corrected chi connectivity index (χ2v) is 8.16. The Kier molecular flexibility index (Phi) is 6.48. The van der Waals surface area contributed by atoms with Gasteiger partial charge in [0, 0.05) is 17.8 Å². The molecule has 0 radical (unpaired) electrons. The van der Waals surface area contributed by atoms with Crippen LogP contribution in [0.1, 0.15) is 63.1 Å². The number of hydrogen-bond donors (Lipinski definition) is 2. The van der Waals surface area contributed by atoms with Crippen LogP contribution in [0.25, 0.3) is 0 Å². The molecule has 1 aromatic rings. The van der Waals surface area contributed by atoms with E-state index in [0.717, 1.165) is 6.07 Å². The van der Waals surface area contributed by atoms with Gasteiger partial charge in [0.05, 0.1) is 11.1 Å². The van der Waals surface area contributed by atoms with Crippen molar-refractivity contribution >= 4 is 11.8 Å². The van der Waals surface area contributed by atoms with Crippen LogP contribution in [0.5, 0.6) is 0 Å². The summed E-state index contributed by atoms with van der Waals surface area (Å²) in [6.07, 6.45) is -2.21. The van der Waals surface area contributed by atoms with Crippen LogP contribution in [0.2, 0.25) is 0 Å². The normalized spacial score (nSPS) is 20.2. The molecule has 1 amide bonds. The second-order valence-electron chi connectivity index (χ2n) is 8.16. The summed E-state index contributed by atoms with van der Waals surface area (Å²) in [5.41, 5.74) is -1.18. The minimum Gasteiger partial charge on any atom is -0.444 e. The van der Waals surface area contributed by atoms with Crippen molar-refractivity contribution < 1.29 is 22.7 Å². The fourth-order valence-corrected chi connectivity index (χ4v) is 3.33. The van der Waals surface area contributed by atoms with Crippen LogP contribution in [0.3, 0.4) is 0 Å². The Morgan fingerprint density at radius 2 is 1.71 bits per heavy atom. The lowest BCUT2D eigenvalue weighted by Gasteiger charge is -2.31. The highest BCUT2D eigenvalue weighted by Gasteiger charge is 2.35. The van der Waals surface area contributed by atoms with Crippen LogP contribution in [0.15, 0.2) is 12.1 Å². The van der Waals surface area contributed by atoms with E-state index in [9.17, 15) is 18.0 Å². The summed E-state index contributed by atoms with van der Waals surface area (Å²) < 4.78 is 44.9. The summed E-state index contributed by atoms with van der Waals surface area (Å²) in [6, 6.07) is 4.20. The third-order valence-corrected chi connectivity index (χ3v) is 4.57. The van der Waals surface area contributed by atoms with Gasteiger partial charge in [-0.1, -0.05) is 0 Å². The van der Waals surface area contributed by atoms with Gasteiger partial charge >= 0.3 is 12.3 Å². The number of hydrogen-bond acceptors (Lipinski definition) is 4. The van der Waals surface area contributed by atoms with Crippen LogP contribution in [-0.2, 0) is 10.9 Å². The lowest BCUT2D eigenvalue weighted by molar-refractivity contribution is -0.137. The van der Waals surface area contributed by atoms with Gasteiger partial charge in [-0.25, -0.2) is 4.79 Å². The van der Waals surface area contributed by atoms with Crippen molar-refractivity contribution in [2.45, 2.75) is 77.2 Å². The van der Waals surface area contributed by atoms with Crippen LogP contribution in [-0.4, -0.2) is 23.8 Å². The van der Waals surface area contributed by atoms with E-state index in [-0.39, 0.29) is 17.6 Å². The molecule has 1 fully saturated rings. The molecule has 1 saturated carbocycles. The Bertz CT molecular complexity index is 756. The molecule has 0 spiro atoms.